The molecule has 0 saturated carbocycles. The Labute approximate surface area is 116 Å². The number of rotatable bonds is 6. The van der Waals surface area contributed by atoms with Crippen LogP contribution in [0.5, 0.6) is 11.6 Å². The third-order valence-electron chi connectivity index (χ3n) is 2.68. The van der Waals surface area contributed by atoms with Crippen molar-refractivity contribution in [1.29, 1.82) is 0 Å². The molecule has 0 saturated heterocycles. The molecule has 0 radical (unpaired) electrons. The monoisotopic (exact) mass is 274 g/mol. The second-order valence-electron chi connectivity index (χ2n) is 4.07. The van der Waals surface area contributed by atoms with Gasteiger partial charge in [0.25, 0.3) is 5.88 Å². The lowest BCUT2D eigenvalue weighted by Crippen LogP contribution is -1.96. The average Bonchev–Trinajstić information content (AvgIpc) is 2.47. The molecule has 1 aromatic carbocycles. The number of hydrogen-bond donors (Lipinski definition) is 0. The van der Waals surface area contributed by atoms with E-state index in [1.807, 2.05) is 12.1 Å². The van der Waals surface area contributed by atoms with E-state index in [0.717, 1.165) is 12.0 Å². The summed E-state index contributed by atoms with van der Waals surface area (Å²) in [5.74, 6) is 0.495. The number of hydrogen-bond acceptors (Lipinski definition) is 5. The quantitative estimate of drug-likeness (QED) is 0.598. The molecule has 104 valence electrons. The molecular formula is C14H14N2O4. The average molecular weight is 274 g/mol. The standard InChI is InChI=1S/C14H14N2O4/c1-19-10-8-11-4-6-12(7-5-11)20-14-13(16(17)18)3-2-9-15-14/h2-7,9H,8,10H2,1H3. The number of benzene rings is 1. The maximum atomic E-state index is 10.9. The maximum Gasteiger partial charge on any atom is 0.331 e. The van der Waals surface area contributed by atoms with Gasteiger partial charge in [0.05, 0.1) is 11.5 Å². The van der Waals surface area contributed by atoms with Crippen LogP contribution in [0.1, 0.15) is 5.56 Å². The van der Waals surface area contributed by atoms with Crippen molar-refractivity contribution in [3.05, 3.63) is 58.3 Å². The van der Waals surface area contributed by atoms with Crippen LogP contribution in [0.4, 0.5) is 5.69 Å². The Morgan fingerprint density at radius 2 is 2.00 bits per heavy atom. The molecule has 0 atom stereocenters. The molecule has 0 bridgehead atoms. The second-order valence-corrected chi connectivity index (χ2v) is 4.07. The molecule has 0 N–H and O–H groups in total. The van der Waals surface area contributed by atoms with Crippen molar-refractivity contribution in [2.24, 2.45) is 0 Å². The van der Waals surface area contributed by atoms with Crippen LogP contribution in [0.2, 0.25) is 0 Å². The fraction of sp³-hybridized carbons (Fsp3) is 0.214. The minimum Gasteiger partial charge on any atom is -0.434 e. The highest BCUT2D eigenvalue weighted by molar-refractivity contribution is 5.43. The van der Waals surface area contributed by atoms with E-state index in [1.54, 1.807) is 19.2 Å². The second kappa shape index (κ2) is 6.63. The first-order valence-electron chi connectivity index (χ1n) is 6.06. The van der Waals surface area contributed by atoms with Gasteiger partial charge in [0.15, 0.2) is 0 Å². The van der Waals surface area contributed by atoms with Gasteiger partial charge in [-0.25, -0.2) is 4.98 Å². The number of pyridine rings is 1. The summed E-state index contributed by atoms with van der Waals surface area (Å²) in [5.41, 5.74) is 0.950. The van der Waals surface area contributed by atoms with Crippen LogP contribution in [-0.2, 0) is 11.2 Å². The first-order valence-corrected chi connectivity index (χ1v) is 6.06. The molecular weight excluding hydrogens is 260 g/mol. The Bertz CT molecular complexity index is 584. The number of nitro groups is 1. The molecule has 1 aromatic heterocycles. The van der Waals surface area contributed by atoms with Crippen molar-refractivity contribution < 1.29 is 14.4 Å². The predicted molar refractivity (Wildman–Crippen MR) is 73.0 cm³/mol. The molecule has 1 heterocycles. The maximum absolute atomic E-state index is 10.9. The summed E-state index contributed by atoms with van der Waals surface area (Å²) in [7, 11) is 1.65. The molecule has 0 spiro atoms. The van der Waals surface area contributed by atoms with Crippen molar-refractivity contribution in [2.45, 2.75) is 6.42 Å². The van der Waals surface area contributed by atoms with Gasteiger partial charge < -0.3 is 9.47 Å². The highest BCUT2D eigenvalue weighted by atomic mass is 16.6. The highest BCUT2D eigenvalue weighted by Crippen LogP contribution is 2.28. The molecule has 2 rings (SSSR count). The molecule has 6 heteroatoms. The number of ether oxygens (including phenoxy) is 2. The molecule has 0 unspecified atom stereocenters. The molecule has 0 aliphatic rings. The Morgan fingerprint density at radius 3 is 2.65 bits per heavy atom. The van der Waals surface area contributed by atoms with E-state index >= 15 is 0 Å². The summed E-state index contributed by atoms with van der Waals surface area (Å²) < 4.78 is 10.4. The summed E-state index contributed by atoms with van der Waals surface area (Å²) in [4.78, 5) is 14.2. The van der Waals surface area contributed by atoms with Crippen molar-refractivity contribution in [3.63, 3.8) is 0 Å². The lowest BCUT2D eigenvalue weighted by molar-refractivity contribution is -0.386. The summed E-state index contributed by atoms with van der Waals surface area (Å²) in [6.07, 6.45) is 2.26. The zero-order valence-corrected chi connectivity index (χ0v) is 11.0. The third kappa shape index (κ3) is 3.52. The largest absolute Gasteiger partial charge is 0.434 e. The van der Waals surface area contributed by atoms with Gasteiger partial charge >= 0.3 is 5.69 Å². The Hall–Kier alpha value is -2.47. The van der Waals surface area contributed by atoms with Crippen LogP contribution in [0.25, 0.3) is 0 Å². The normalized spacial score (nSPS) is 10.2. The van der Waals surface area contributed by atoms with E-state index in [2.05, 4.69) is 4.98 Å². The van der Waals surface area contributed by atoms with Gasteiger partial charge in [0.2, 0.25) is 0 Å². The molecule has 6 nitrogen and oxygen atoms in total. The van der Waals surface area contributed by atoms with Crippen molar-refractivity contribution >= 4 is 5.69 Å². The fourth-order valence-electron chi connectivity index (χ4n) is 1.66. The van der Waals surface area contributed by atoms with Gasteiger partial charge in [-0.1, -0.05) is 12.1 Å². The van der Waals surface area contributed by atoms with Crippen molar-refractivity contribution in [3.8, 4) is 11.6 Å². The Balaban J connectivity index is 2.12. The third-order valence-corrected chi connectivity index (χ3v) is 2.68. The summed E-state index contributed by atoms with van der Waals surface area (Å²) in [5, 5.41) is 10.9. The molecule has 0 amide bonds. The summed E-state index contributed by atoms with van der Waals surface area (Å²) in [6.45, 7) is 0.645. The minimum atomic E-state index is -0.519. The van der Waals surface area contributed by atoms with E-state index < -0.39 is 4.92 Å². The van der Waals surface area contributed by atoms with Crippen molar-refractivity contribution in [1.82, 2.24) is 4.98 Å². The smallest absolute Gasteiger partial charge is 0.331 e. The lowest BCUT2D eigenvalue weighted by Gasteiger charge is -2.06. The first-order chi connectivity index (χ1) is 9.70. The Kier molecular flexibility index (Phi) is 4.62. The van der Waals surface area contributed by atoms with Gasteiger partial charge in [-0.2, -0.15) is 0 Å². The first kappa shape index (κ1) is 14.0. The van der Waals surface area contributed by atoms with E-state index in [-0.39, 0.29) is 11.6 Å². The van der Waals surface area contributed by atoms with Crippen LogP contribution in [-0.4, -0.2) is 23.6 Å². The molecule has 2 aromatic rings. The van der Waals surface area contributed by atoms with Crippen LogP contribution in [0.15, 0.2) is 42.6 Å². The topological polar surface area (TPSA) is 74.5 Å². The van der Waals surface area contributed by atoms with Crippen molar-refractivity contribution in [2.75, 3.05) is 13.7 Å². The summed E-state index contributed by atoms with van der Waals surface area (Å²) >= 11 is 0. The minimum absolute atomic E-state index is 0.0119. The fourth-order valence-corrected chi connectivity index (χ4v) is 1.66. The highest BCUT2D eigenvalue weighted by Gasteiger charge is 2.16. The van der Waals surface area contributed by atoms with Crippen LogP contribution in [0.3, 0.4) is 0 Å². The van der Waals surface area contributed by atoms with Gasteiger partial charge in [-0.05, 0) is 30.2 Å². The molecule has 0 aliphatic carbocycles. The van der Waals surface area contributed by atoms with Gasteiger partial charge in [0.1, 0.15) is 5.75 Å². The zero-order chi connectivity index (χ0) is 14.4. The number of methoxy groups -OCH3 is 1. The van der Waals surface area contributed by atoms with E-state index in [1.165, 1.54) is 18.3 Å². The van der Waals surface area contributed by atoms with Crippen LogP contribution >= 0.6 is 0 Å². The lowest BCUT2D eigenvalue weighted by atomic mass is 10.1. The Morgan fingerprint density at radius 1 is 1.25 bits per heavy atom. The molecule has 20 heavy (non-hydrogen) atoms. The van der Waals surface area contributed by atoms with E-state index in [0.29, 0.717) is 12.4 Å². The van der Waals surface area contributed by atoms with E-state index in [4.69, 9.17) is 9.47 Å². The van der Waals surface area contributed by atoms with Crippen LogP contribution in [0, 0.1) is 10.1 Å². The predicted octanol–water partition coefficient (Wildman–Crippen LogP) is 2.97. The van der Waals surface area contributed by atoms with Gasteiger partial charge in [-0.3, -0.25) is 10.1 Å². The van der Waals surface area contributed by atoms with E-state index in [9.17, 15) is 10.1 Å². The number of aromatic nitrogens is 1. The number of nitrogens with zero attached hydrogens (tertiary/aromatic N) is 2. The molecule has 0 fully saturated rings. The SMILES string of the molecule is COCCc1ccc(Oc2ncccc2[N+](=O)[O-])cc1. The van der Waals surface area contributed by atoms with Gasteiger partial charge in [0, 0.05) is 19.4 Å². The summed E-state index contributed by atoms with van der Waals surface area (Å²) in [6, 6.07) is 10.1. The zero-order valence-electron chi connectivity index (χ0n) is 11.0. The molecule has 0 aliphatic heterocycles. The van der Waals surface area contributed by atoms with Crippen LogP contribution < -0.4 is 4.74 Å². The van der Waals surface area contributed by atoms with Gasteiger partial charge in [-0.15, -0.1) is 0 Å².